The molecular weight excluding hydrogens is 402 g/mol. The molecule has 2 N–H and O–H groups in total. The van der Waals surface area contributed by atoms with Crippen LogP contribution in [0.2, 0.25) is 0 Å². The van der Waals surface area contributed by atoms with Crippen LogP contribution < -0.4 is 15.4 Å². The minimum Gasteiger partial charge on any atom is -0.484 e. The third-order valence-corrected chi connectivity index (χ3v) is 5.04. The zero-order valence-corrected chi connectivity index (χ0v) is 17.6. The zero-order chi connectivity index (χ0) is 22.3. The smallest absolute Gasteiger partial charge is 0.262 e. The van der Waals surface area contributed by atoms with Crippen LogP contribution in [-0.4, -0.2) is 23.4 Å². The van der Waals surface area contributed by atoms with Gasteiger partial charge in [0.1, 0.15) is 5.75 Å². The summed E-state index contributed by atoms with van der Waals surface area (Å²) in [5.41, 5.74) is 2.68. The van der Waals surface area contributed by atoms with E-state index in [1.54, 1.807) is 36.5 Å². The number of para-hydroxylation sites is 1. The Morgan fingerprint density at radius 2 is 1.72 bits per heavy atom. The van der Waals surface area contributed by atoms with Crippen LogP contribution in [0.25, 0.3) is 10.9 Å². The molecule has 4 aromatic rings. The Morgan fingerprint density at radius 3 is 2.56 bits per heavy atom. The molecule has 32 heavy (non-hydrogen) atoms. The van der Waals surface area contributed by atoms with Crippen LogP contribution in [0.3, 0.4) is 0 Å². The molecule has 0 aliphatic heterocycles. The molecule has 0 aliphatic carbocycles. The highest BCUT2D eigenvalue weighted by atomic mass is 16.5. The number of rotatable bonds is 7. The van der Waals surface area contributed by atoms with Gasteiger partial charge in [-0.3, -0.25) is 14.6 Å². The first-order chi connectivity index (χ1) is 15.6. The summed E-state index contributed by atoms with van der Waals surface area (Å²) in [4.78, 5) is 29.6. The molecule has 1 heterocycles. The highest BCUT2D eigenvalue weighted by Gasteiger charge is 2.16. The Morgan fingerprint density at radius 1 is 0.938 bits per heavy atom. The van der Waals surface area contributed by atoms with E-state index in [4.69, 9.17) is 4.74 Å². The Hall–Kier alpha value is -4.19. The molecule has 0 radical (unpaired) electrons. The number of aromatic nitrogens is 1. The first kappa shape index (κ1) is 21.1. The first-order valence-corrected chi connectivity index (χ1v) is 10.3. The normalized spacial score (nSPS) is 11.5. The fourth-order valence-corrected chi connectivity index (χ4v) is 3.37. The summed E-state index contributed by atoms with van der Waals surface area (Å²) in [6.45, 7) is 1.74. The summed E-state index contributed by atoms with van der Waals surface area (Å²) in [7, 11) is 0. The number of hydrogen-bond donors (Lipinski definition) is 2. The first-order valence-electron chi connectivity index (χ1n) is 10.3. The van der Waals surface area contributed by atoms with Gasteiger partial charge in [0.05, 0.1) is 22.8 Å². The predicted octanol–water partition coefficient (Wildman–Crippen LogP) is 4.74. The van der Waals surface area contributed by atoms with Crippen LogP contribution in [0.1, 0.15) is 28.9 Å². The molecule has 2 amide bonds. The molecule has 1 aromatic heterocycles. The molecule has 1 atom stereocenters. The van der Waals surface area contributed by atoms with Crippen molar-refractivity contribution in [3.8, 4) is 5.75 Å². The van der Waals surface area contributed by atoms with Crippen molar-refractivity contribution in [3.63, 3.8) is 0 Å². The van der Waals surface area contributed by atoms with Gasteiger partial charge in [0.2, 0.25) is 0 Å². The summed E-state index contributed by atoms with van der Waals surface area (Å²) in [5, 5.41) is 6.68. The van der Waals surface area contributed by atoms with E-state index in [0.29, 0.717) is 17.0 Å². The van der Waals surface area contributed by atoms with Gasteiger partial charge in [-0.2, -0.15) is 0 Å². The molecule has 0 saturated carbocycles. The quantitative estimate of drug-likeness (QED) is 0.448. The van der Waals surface area contributed by atoms with E-state index in [2.05, 4.69) is 15.6 Å². The SMILES string of the molecule is CC(NC(=O)c1ccccc1NC(=O)COc1ccc2ncccc2c1)c1ccccc1. The zero-order valence-electron chi connectivity index (χ0n) is 17.6. The summed E-state index contributed by atoms with van der Waals surface area (Å²) in [5.74, 6) is -0.0452. The second kappa shape index (κ2) is 9.75. The van der Waals surface area contributed by atoms with Crippen molar-refractivity contribution in [2.24, 2.45) is 0 Å². The molecule has 6 nitrogen and oxygen atoms in total. The maximum Gasteiger partial charge on any atom is 0.262 e. The lowest BCUT2D eigenvalue weighted by Crippen LogP contribution is -2.28. The van der Waals surface area contributed by atoms with E-state index in [9.17, 15) is 9.59 Å². The van der Waals surface area contributed by atoms with Gasteiger partial charge in [-0.05, 0) is 48.9 Å². The number of carbonyl (C=O) groups excluding carboxylic acids is 2. The van der Waals surface area contributed by atoms with Crippen LogP contribution in [0, 0.1) is 0 Å². The largest absolute Gasteiger partial charge is 0.484 e. The maximum absolute atomic E-state index is 12.8. The van der Waals surface area contributed by atoms with Gasteiger partial charge in [-0.25, -0.2) is 0 Å². The third kappa shape index (κ3) is 5.10. The van der Waals surface area contributed by atoms with E-state index in [-0.39, 0.29) is 24.5 Å². The van der Waals surface area contributed by atoms with Gasteiger partial charge >= 0.3 is 0 Å². The van der Waals surface area contributed by atoms with Crippen LogP contribution in [0.15, 0.2) is 91.1 Å². The van der Waals surface area contributed by atoms with Crippen molar-refractivity contribution >= 4 is 28.4 Å². The second-order valence-electron chi connectivity index (χ2n) is 7.35. The Balaban J connectivity index is 1.39. The number of pyridine rings is 1. The number of hydrogen-bond acceptors (Lipinski definition) is 4. The number of benzene rings is 3. The minimum atomic E-state index is -0.354. The fourth-order valence-electron chi connectivity index (χ4n) is 3.37. The van der Waals surface area contributed by atoms with E-state index >= 15 is 0 Å². The van der Waals surface area contributed by atoms with Gasteiger partial charge < -0.3 is 15.4 Å². The van der Waals surface area contributed by atoms with Gasteiger partial charge in [0, 0.05) is 11.6 Å². The molecule has 0 bridgehead atoms. The third-order valence-electron chi connectivity index (χ3n) is 5.04. The molecule has 0 saturated heterocycles. The average molecular weight is 425 g/mol. The van der Waals surface area contributed by atoms with Crippen LogP contribution in [-0.2, 0) is 4.79 Å². The monoisotopic (exact) mass is 425 g/mol. The minimum absolute atomic E-state index is 0.168. The van der Waals surface area contributed by atoms with Gasteiger partial charge in [-0.15, -0.1) is 0 Å². The van der Waals surface area contributed by atoms with E-state index in [1.807, 2.05) is 61.5 Å². The van der Waals surface area contributed by atoms with Crippen molar-refractivity contribution in [1.29, 1.82) is 0 Å². The van der Waals surface area contributed by atoms with Crippen molar-refractivity contribution in [2.75, 3.05) is 11.9 Å². The lowest BCUT2D eigenvalue weighted by atomic mass is 10.1. The average Bonchev–Trinajstić information content (AvgIpc) is 2.83. The molecular formula is C26H23N3O3. The molecule has 3 aromatic carbocycles. The van der Waals surface area contributed by atoms with Gasteiger partial charge in [0.15, 0.2) is 6.61 Å². The van der Waals surface area contributed by atoms with Crippen LogP contribution in [0.4, 0.5) is 5.69 Å². The Kier molecular flexibility index (Phi) is 6.41. The topological polar surface area (TPSA) is 80.3 Å². The summed E-state index contributed by atoms with van der Waals surface area (Å²) in [6.07, 6.45) is 1.73. The summed E-state index contributed by atoms with van der Waals surface area (Å²) in [6, 6.07) is 25.7. The summed E-state index contributed by atoms with van der Waals surface area (Å²) >= 11 is 0. The van der Waals surface area contributed by atoms with E-state index < -0.39 is 0 Å². The number of amides is 2. The number of ether oxygens (including phenoxy) is 1. The number of nitrogens with zero attached hydrogens (tertiary/aromatic N) is 1. The number of nitrogens with one attached hydrogen (secondary N) is 2. The molecule has 0 spiro atoms. The van der Waals surface area contributed by atoms with Crippen molar-refractivity contribution in [3.05, 3.63) is 102 Å². The van der Waals surface area contributed by atoms with Crippen LogP contribution >= 0.6 is 0 Å². The Labute approximate surface area is 186 Å². The number of anilines is 1. The van der Waals surface area contributed by atoms with Gasteiger partial charge in [0.25, 0.3) is 11.8 Å². The molecule has 1 unspecified atom stereocenters. The molecule has 160 valence electrons. The lowest BCUT2D eigenvalue weighted by Gasteiger charge is -2.16. The van der Waals surface area contributed by atoms with E-state index in [0.717, 1.165) is 16.5 Å². The second-order valence-corrected chi connectivity index (χ2v) is 7.35. The highest BCUT2D eigenvalue weighted by molar-refractivity contribution is 6.04. The lowest BCUT2D eigenvalue weighted by molar-refractivity contribution is -0.118. The van der Waals surface area contributed by atoms with E-state index in [1.165, 1.54) is 0 Å². The van der Waals surface area contributed by atoms with Gasteiger partial charge in [-0.1, -0.05) is 48.5 Å². The number of carbonyl (C=O) groups is 2. The molecule has 4 rings (SSSR count). The van der Waals surface area contributed by atoms with Crippen molar-refractivity contribution in [2.45, 2.75) is 13.0 Å². The molecule has 6 heteroatoms. The standard InChI is InChI=1S/C26H23N3O3/c1-18(19-8-3-2-4-9-19)28-26(31)22-11-5-6-12-24(22)29-25(30)17-32-21-13-14-23-20(16-21)10-7-15-27-23/h2-16,18H,17H2,1H3,(H,28,31)(H,29,30). The number of fused-ring (bicyclic) bond motifs is 1. The van der Waals surface area contributed by atoms with Crippen molar-refractivity contribution < 1.29 is 14.3 Å². The fraction of sp³-hybridized carbons (Fsp3) is 0.115. The van der Waals surface area contributed by atoms with Crippen molar-refractivity contribution in [1.82, 2.24) is 10.3 Å². The molecule has 0 aliphatic rings. The van der Waals surface area contributed by atoms with Crippen LogP contribution in [0.5, 0.6) is 5.75 Å². The molecule has 0 fully saturated rings. The Bertz CT molecular complexity index is 1240. The highest BCUT2D eigenvalue weighted by Crippen LogP contribution is 2.20. The summed E-state index contributed by atoms with van der Waals surface area (Å²) < 4.78 is 5.63. The predicted molar refractivity (Wildman–Crippen MR) is 125 cm³/mol. The maximum atomic E-state index is 12.8.